The average molecular weight is 260 g/mol. The fourth-order valence-corrected chi connectivity index (χ4v) is 1.72. The Labute approximate surface area is 111 Å². The predicted octanol–water partition coefficient (Wildman–Crippen LogP) is 2.62. The minimum Gasteiger partial charge on any atom is -0.467 e. The highest BCUT2D eigenvalue weighted by Crippen LogP contribution is 2.21. The molecule has 2 rings (SSSR count). The highest BCUT2D eigenvalue weighted by Gasteiger charge is 2.18. The van der Waals surface area contributed by atoms with Crippen LogP contribution in [0.3, 0.4) is 0 Å². The summed E-state index contributed by atoms with van der Waals surface area (Å²) >= 11 is 0. The number of hydroxylamine groups is 1. The molecule has 19 heavy (non-hydrogen) atoms. The third kappa shape index (κ3) is 3.59. The van der Waals surface area contributed by atoms with Gasteiger partial charge in [0.05, 0.1) is 12.9 Å². The number of furan rings is 1. The molecule has 0 bridgehead atoms. The zero-order valence-electron chi connectivity index (χ0n) is 10.6. The van der Waals surface area contributed by atoms with E-state index in [0.29, 0.717) is 12.4 Å². The van der Waals surface area contributed by atoms with Gasteiger partial charge in [-0.15, -0.1) is 0 Å². The Hall–Kier alpha value is -2.27. The highest BCUT2D eigenvalue weighted by molar-refractivity contribution is 5.73. The van der Waals surface area contributed by atoms with E-state index >= 15 is 0 Å². The molecule has 1 aromatic heterocycles. The first-order valence-corrected chi connectivity index (χ1v) is 6.08. The van der Waals surface area contributed by atoms with Gasteiger partial charge in [-0.2, -0.15) is 0 Å². The lowest BCUT2D eigenvalue weighted by Crippen LogP contribution is -2.38. The van der Waals surface area contributed by atoms with Crippen molar-refractivity contribution < 1.29 is 14.0 Å². The summed E-state index contributed by atoms with van der Waals surface area (Å²) in [6.07, 6.45) is 1.58. The number of benzene rings is 1. The van der Waals surface area contributed by atoms with E-state index in [-0.39, 0.29) is 6.04 Å². The fourth-order valence-electron chi connectivity index (χ4n) is 1.72. The van der Waals surface area contributed by atoms with Crippen molar-refractivity contribution in [1.29, 1.82) is 0 Å². The lowest BCUT2D eigenvalue weighted by molar-refractivity contribution is 0.0697. The maximum atomic E-state index is 11.7. The smallest absolute Gasteiger partial charge is 0.339 e. The van der Waals surface area contributed by atoms with Crippen LogP contribution in [0.25, 0.3) is 0 Å². The summed E-state index contributed by atoms with van der Waals surface area (Å²) in [6, 6.07) is 12.4. The number of hydrogen-bond acceptors (Lipinski definition) is 3. The fraction of sp³-hybridized carbons (Fsp3) is 0.214. The topological polar surface area (TPSA) is 63.5 Å². The Morgan fingerprint density at radius 2 is 2.05 bits per heavy atom. The van der Waals surface area contributed by atoms with Crippen molar-refractivity contribution in [3.8, 4) is 0 Å². The zero-order valence-corrected chi connectivity index (χ0v) is 10.6. The van der Waals surface area contributed by atoms with Gasteiger partial charge < -0.3 is 9.73 Å². The molecule has 0 aliphatic carbocycles. The molecular weight excluding hydrogens is 244 g/mol. The summed E-state index contributed by atoms with van der Waals surface area (Å²) in [6.45, 7) is 2.20. The lowest BCUT2D eigenvalue weighted by atomic mass is 10.1. The van der Waals surface area contributed by atoms with Crippen LogP contribution in [-0.2, 0) is 4.84 Å². The Bertz CT molecular complexity index is 497. The molecule has 1 aromatic carbocycles. The molecule has 0 spiro atoms. The lowest BCUT2D eigenvalue weighted by Gasteiger charge is -2.17. The summed E-state index contributed by atoms with van der Waals surface area (Å²) < 4.78 is 5.37. The van der Waals surface area contributed by atoms with Gasteiger partial charge in [0.25, 0.3) is 0 Å². The van der Waals surface area contributed by atoms with Crippen molar-refractivity contribution in [2.45, 2.75) is 13.0 Å². The van der Waals surface area contributed by atoms with Crippen molar-refractivity contribution in [2.75, 3.05) is 6.61 Å². The van der Waals surface area contributed by atoms with Gasteiger partial charge in [-0.25, -0.2) is 10.3 Å². The number of urea groups is 1. The quantitative estimate of drug-likeness (QED) is 0.812. The molecule has 0 radical (unpaired) electrons. The van der Waals surface area contributed by atoms with Crippen LogP contribution in [0.5, 0.6) is 0 Å². The highest BCUT2D eigenvalue weighted by atomic mass is 16.7. The van der Waals surface area contributed by atoms with Crippen molar-refractivity contribution >= 4 is 6.03 Å². The van der Waals surface area contributed by atoms with E-state index in [9.17, 15) is 4.79 Å². The van der Waals surface area contributed by atoms with Gasteiger partial charge in [0.1, 0.15) is 11.8 Å². The molecule has 100 valence electrons. The molecule has 0 aliphatic rings. The van der Waals surface area contributed by atoms with E-state index in [1.165, 1.54) is 0 Å². The molecule has 0 saturated carbocycles. The maximum absolute atomic E-state index is 11.7. The van der Waals surface area contributed by atoms with Crippen molar-refractivity contribution in [2.24, 2.45) is 0 Å². The van der Waals surface area contributed by atoms with Crippen LogP contribution in [0.15, 0.2) is 53.1 Å². The predicted molar refractivity (Wildman–Crippen MR) is 70.3 cm³/mol. The van der Waals surface area contributed by atoms with Crippen molar-refractivity contribution in [1.82, 2.24) is 10.8 Å². The maximum Gasteiger partial charge on any atom is 0.339 e. The first-order valence-electron chi connectivity index (χ1n) is 6.08. The van der Waals surface area contributed by atoms with E-state index in [0.717, 1.165) is 5.56 Å². The normalized spacial score (nSPS) is 11.8. The van der Waals surface area contributed by atoms with Gasteiger partial charge in [0.15, 0.2) is 0 Å². The molecule has 5 heteroatoms. The molecule has 2 amide bonds. The molecular formula is C14H16N2O3. The van der Waals surface area contributed by atoms with E-state index in [4.69, 9.17) is 9.25 Å². The molecule has 0 fully saturated rings. The number of hydrogen-bond donors (Lipinski definition) is 2. The van der Waals surface area contributed by atoms with Crippen LogP contribution in [0, 0.1) is 0 Å². The monoisotopic (exact) mass is 260 g/mol. The van der Waals surface area contributed by atoms with Crippen molar-refractivity contribution in [3.63, 3.8) is 0 Å². The summed E-state index contributed by atoms with van der Waals surface area (Å²) in [5.74, 6) is 0.665. The average Bonchev–Trinajstić information content (AvgIpc) is 2.97. The van der Waals surface area contributed by atoms with E-state index in [1.807, 2.05) is 36.4 Å². The van der Waals surface area contributed by atoms with E-state index in [1.54, 1.807) is 19.3 Å². The van der Waals surface area contributed by atoms with Crippen LogP contribution >= 0.6 is 0 Å². The van der Waals surface area contributed by atoms with Gasteiger partial charge in [0.2, 0.25) is 0 Å². The summed E-state index contributed by atoms with van der Waals surface area (Å²) in [7, 11) is 0. The van der Waals surface area contributed by atoms with Gasteiger partial charge in [-0.3, -0.25) is 4.84 Å². The molecule has 2 aromatic rings. The summed E-state index contributed by atoms with van der Waals surface area (Å²) in [5, 5.41) is 2.80. The molecule has 1 atom stereocenters. The van der Waals surface area contributed by atoms with E-state index < -0.39 is 6.03 Å². The Balaban J connectivity index is 2.14. The van der Waals surface area contributed by atoms with Gasteiger partial charge in [-0.1, -0.05) is 30.3 Å². The standard InChI is InChI=1S/C14H16N2O3/c1-2-19-16-14(17)15-13(12-9-6-10-18-12)11-7-4-3-5-8-11/h3-10,13H,2H2,1H3,(H2,15,16,17). The molecule has 0 aliphatic heterocycles. The number of carbonyl (C=O) groups excluding carboxylic acids is 1. The van der Waals surface area contributed by atoms with Crippen LogP contribution in [-0.4, -0.2) is 12.6 Å². The third-order valence-corrected chi connectivity index (χ3v) is 2.55. The number of carbonyl (C=O) groups is 1. The van der Waals surface area contributed by atoms with Gasteiger partial charge >= 0.3 is 6.03 Å². The third-order valence-electron chi connectivity index (χ3n) is 2.55. The molecule has 2 N–H and O–H groups in total. The van der Waals surface area contributed by atoms with Crippen LogP contribution in [0.2, 0.25) is 0 Å². The van der Waals surface area contributed by atoms with Crippen LogP contribution in [0.1, 0.15) is 24.3 Å². The Morgan fingerprint density at radius 3 is 2.68 bits per heavy atom. The second kappa shape index (κ2) is 6.61. The van der Waals surface area contributed by atoms with E-state index in [2.05, 4.69) is 10.8 Å². The zero-order chi connectivity index (χ0) is 13.5. The van der Waals surface area contributed by atoms with Gasteiger partial charge in [0, 0.05) is 0 Å². The second-order valence-electron chi connectivity index (χ2n) is 3.87. The van der Waals surface area contributed by atoms with Crippen molar-refractivity contribution in [3.05, 3.63) is 60.1 Å². The minimum atomic E-state index is -0.410. The molecule has 1 unspecified atom stereocenters. The molecule has 1 heterocycles. The SMILES string of the molecule is CCONC(=O)NC(c1ccccc1)c1ccco1. The largest absolute Gasteiger partial charge is 0.467 e. The summed E-state index contributed by atoms with van der Waals surface area (Å²) in [5.41, 5.74) is 3.24. The first-order chi connectivity index (χ1) is 9.31. The first kappa shape index (κ1) is 13.2. The number of rotatable bonds is 5. The van der Waals surface area contributed by atoms with Gasteiger partial charge in [-0.05, 0) is 24.6 Å². The minimum absolute atomic E-state index is 0.350. The Kier molecular flexibility index (Phi) is 4.58. The number of amides is 2. The second-order valence-corrected chi connectivity index (χ2v) is 3.87. The van der Waals surface area contributed by atoms with Crippen LogP contribution in [0.4, 0.5) is 4.79 Å². The molecule has 5 nitrogen and oxygen atoms in total. The molecule has 0 saturated heterocycles. The van der Waals surface area contributed by atoms with Crippen LogP contribution < -0.4 is 10.8 Å². The number of nitrogens with one attached hydrogen (secondary N) is 2. The Morgan fingerprint density at radius 1 is 1.26 bits per heavy atom. The summed E-state index contributed by atoms with van der Waals surface area (Å²) in [4.78, 5) is 16.5.